The Balaban J connectivity index is 1.87. The molecule has 4 aromatic rings. The fourth-order valence-electron chi connectivity index (χ4n) is 3.77. The minimum Gasteiger partial charge on any atom is -0.487 e. The molecule has 0 N–H and O–H groups in total. The van der Waals surface area contributed by atoms with E-state index in [0.29, 0.717) is 28.2 Å². The van der Waals surface area contributed by atoms with Crippen LogP contribution < -0.4 is 14.2 Å². The van der Waals surface area contributed by atoms with E-state index in [9.17, 15) is 9.59 Å². The highest BCUT2D eigenvalue weighted by atomic mass is 16.6. The number of pyridine rings is 1. The lowest BCUT2D eigenvalue weighted by atomic mass is 10.0. The molecule has 0 aliphatic carbocycles. The van der Waals surface area contributed by atoms with Crippen LogP contribution in [0.3, 0.4) is 0 Å². The van der Waals surface area contributed by atoms with E-state index in [1.165, 1.54) is 0 Å². The summed E-state index contributed by atoms with van der Waals surface area (Å²) in [5.74, 6) is -1.96. The van der Waals surface area contributed by atoms with Gasteiger partial charge in [0.1, 0.15) is 5.52 Å². The molecule has 5 rings (SSSR count). The number of nitrogens with zero attached hydrogens (tertiary/aromatic N) is 3. The third kappa shape index (κ3) is 3.41. The normalized spacial score (nSPS) is 12.9. The Morgan fingerprint density at radius 2 is 1.85 bits per heavy atom. The smallest absolute Gasteiger partial charge is 0.425 e. The molecule has 33 heavy (non-hydrogen) atoms. The van der Waals surface area contributed by atoms with E-state index in [0.717, 1.165) is 11.1 Å². The van der Waals surface area contributed by atoms with Crippen molar-refractivity contribution in [1.29, 1.82) is 0 Å². The van der Waals surface area contributed by atoms with Gasteiger partial charge in [0.2, 0.25) is 5.75 Å². The van der Waals surface area contributed by atoms with Crippen molar-refractivity contribution < 1.29 is 23.8 Å². The third-order valence-electron chi connectivity index (χ3n) is 5.07. The maximum Gasteiger partial charge on any atom is 0.425 e. The molecular weight excluding hydrogens is 422 g/mol. The maximum absolute atomic E-state index is 12.4. The van der Waals surface area contributed by atoms with Crippen LogP contribution in [-0.2, 0) is 9.59 Å². The van der Waals surface area contributed by atoms with Crippen LogP contribution in [0.4, 0.5) is 0 Å². The van der Waals surface area contributed by atoms with Crippen molar-refractivity contribution in [2.75, 3.05) is 0 Å². The van der Waals surface area contributed by atoms with Crippen LogP contribution in [0.25, 0.3) is 34.1 Å². The molecule has 0 atom stereocenters. The van der Waals surface area contributed by atoms with Gasteiger partial charge in [0.25, 0.3) is 0 Å². The molecule has 1 aliphatic heterocycles. The second-order valence-electron chi connectivity index (χ2n) is 7.60. The number of fused-ring (bicyclic) bond motifs is 1. The fourth-order valence-corrected chi connectivity index (χ4v) is 3.77. The highest BCUT2D eigenvalue weighted by molar-refractivity contribution is 6.31. The van der Waals surface area contributed by atoms with Gasteiger partial charge in [0.05, 0.1) is 23.0 Å². The number of benzene rings is 2. The van der Waals surface area contributed by atoms with Crippen LogP contribution in [0, 0.1) is 0 Å². The minimum absolute atomic E-state index is 0.0679. The Morgan fingerprint density at radius 3 is 2.58 bits per heavy atom. The number of esters is 2. The molecule has 2 aromatic heterocycles. The monoisotopic (exact) mass is 441 g/mol. The van der Waals surface area contributed by atoms with Crippen molar-refractivity contribution in [3.8, 4) is 34.5 Å². The Morgan fingerprint density at radius 1 is 1.03 bits per heavy atom. The quantitative estimate of drug-likeness (QED) is 0.258. The summed E-state index contributed by atoms with van der Waals surface area (Å²) in [7, 11) is 0. The average Bonchev–Trinajstić information content (AvgIpc) is 3.17. The maximum atomic E-state index is 12.4. The highest BCUT2D eigenvalue weighted by Crippen LogP contribution is 2.42. The lowest BCUT2D eigenvalue weighted by Gasteiger charge is -2.16. The van der Waals surface area contributed by atoms with Gasteiger partial charge in [-0.05, 0) is 43.7 Å². The summed E-state index contributed by atoms with van der Waals surface area (Å²) in [6.07, 6.45) is 3.20. The number of carbonyl (C=O) groups is 2. The average molecular weight is 441 g/mol. The van der Waals surface area contributed by atoms with Gasteiger partial charge in [0.15, 0.2) is 5.75 Å². The Hall–Kier alpha value is -4.46. The van der Waals surface area contributed by atoms with E-state index in [2.05, 4.69) is 16.5 Å². The molecule has 0 amide bonds. The zero-order chi connectivity index (χ0) is 23.1. The van der Waals surface area contributed by atoms with Gasteiger partial charge in [-0.25, -0.2) is 9.59 Å². The first-order valence-electron chi connectivity index (χ1n) is 10.3. The first-order chi connectivity index (χ1) is 16.0. The molecule has 0 fully saturated rings. The van der Waals surface area contributed by atoms with E-state index in [4.69, 9.17) is 14.2 Å². The molecule has 0 radical (unpaired) electrons. The molecule has 0 saturated heterocycles. The molecular formula is C25H19N3O5. The number of para-hydroxylation sites is 1. The van der Waals surface area contributed by atoms with Crippen molar-refractivity contribution in [3.63, 3.8) is 0 Å². The number of rotatable bonds is 5. The van der Waals surface area contributed by atoms with Crippen LogP contribution in [0.5, 0.6) is 17.5 Å². The Kier molecular flexibility index (Phi) is 4.90. The van der Waals surface area contributed by atoms with Crippen LogP contribution in [0.1, 0.15) is 19.4 Å². The van der Waals surface area contributed by atoms with Crippen molar-refractivity contribution in [3.05, 3.63) is 66.9 Å². The molecule has 164 valence electrons. The summed E-state index contributed by atoms with van der Waals surface area (Å²) in [6.45, 7) is 7.63. The summed E-state index contributed by atoms with van der Waals surface area (Å²) in [5.41, 5.74) is 3.76. The zero-order valence-corrected chi connectivity index (χ0v) is 17.9. The largest absolute Gasteiger partial charge is 0.487 e. The fraction of sp³-hybridized carbons (Fsp3) is 0.120. The molecule has 8 nitrogen and oxygen atoms in total. The molecule has 3 heterocycles. The van der Waals surface area contributed by atoms with Crippen LogP contribution in [0.15, 0.2) is 61.3 Å². The SMILES string of the molecule is C=Cc1cccc(-c2ccccn2)c1-n1c2nc3c(c(OC(C)C)ccc31)OC(=O)C(=O)O2. The summed E-state index contributed by atoms with van der Waals surface area (Å²) in [6, 6.07) is 14.7. The molecule has 0 unspecified atom stereocenters. The number of imidazole rings is 1. The van der Waals surface area contributed by atoms with Crippen molar-refractivity contribution in [2.24, 2.45) is 0 Å². The van der Waals surface area contributed by atoms with Crippen LogP contribution >= 0.6 is 0 Å². The molecule has 8 heteroatoms. The Labute approximate surface area is 189 Å². The van der Waals surface area contributed by atoms with E-state index in [1.54, 1.807) is 29.0 Å². The van der Waals surface area contributed by atoms with E-state index >= 15 is 0 Å². The van der Waals surface area contributed by atoms with Gasteiger partial charge in [-0.15, -0.1) is 0 Å². The summed E-state index contributed by atoms with van der Waals surface area (Å²) in [4.78, 5) is 33.7. The first-order valence-corrected chi connectivity index (χ1v) is 10.3. The van der Waals surface area contributed by atoms with Gasteiger partial charge in [-0.2, -0.15) is 4.98 Å². The van der Waals surface area contributed by atoms with Gasteiger partial charge in [-0.1, -0.05) is 36.9 Å². The second-order valence-corrected chi connectivity index (χ2v) is 7.60. The lowest BCUT2D eigenvalue weighted by molar-refractivity contribution is -0.156. The molecule has 0 saturated carbocycles. The topological polar surface area (TPSA) is 92.5 Å². The first kappa shape index (κ1) is 20.4. The van der Waals surface area contributed by atoms with Gasteiger partial charge in [-0.3, -0.25) is 9.55 Å². The van der Waals surface area contributed by atoms with Crippen LogP contribution in [-0.4, -0.2) is 32.6 Å². The standard InChI is InChI=1S/C25H19N3O5/c1-4-15-8-7-9-16(17-10-5-6-13-26-17)21(15)28-18-11-12-19(31-14(2)3)22-20(18)27-25(28)33-24(30)23(29)32-22/h4-14H,1H2,2-3H3. The van der Waals surface area contributed by atoms with Crippen molar-refractivity contribution >= 4 is 29.0 Å². The number of hydrogen-bond donors (Lipinski definition) is 0. The van der Waals surface area contributed by atoms with Gasteiger partial charge in [0, 0.05) is 11.8 Å². The van der Waals surface area contributed by atoms with E-state index in [-0.39, 0.29) is 17.9 Å². The minimum atomic E-state index is -1.18. The van der Waals surface area contributed by atoms with E-state index in [1.807, 2.05) is 50.2 Å². The van der Waals surface area contributed by atoms with Crippen LogP contribution in [0.2, 0.25) is 0 Å². The summed E-state index contributed by atoms with van der Waals surface area (Å²) in [5, 5.41) is 0. The number of carbonyl (C=O) groups excluding carboxylic acids is 2. The van der Waals surface area contributed by atoms with Crippen molar-refractivity contribution in [1.82, 2.24) is 14.5 Å². The lowest BCUT2D eigenvalue weighted by Crippen LogP contribution is -2.27. The molecule has 1 aliphatic rings. The molecule has 2 bridgehead atoms. The summed E-state index contributed by atoms with van der Waals surface area (Å²) >= 11 is 0. The van der Waals surface area contributed by atoms with Gasteiger partial charge < -0.3 is 14.2 Å². The second kappa shape index (κ2) is 7.90. The van der Waals surface area contributed by atoms with Crippen molar-refractivity contribution in [2.45, 2.75) is 20.0 Å². The Bertz CT molecular complexity index is 1420. The van der Waals surface area contributed by atoms with E-state index < -0.39 is 11.9 Å². The third-order valence-corrected chi connectivity index (χ3v) is 5.07. The predicted molar refractivity (Wildman–Crippen MR) is 121 cm³/mol. The highest BCUT2D eigenvalue weighted by Gasteiger charge is 2.32. The molecule has 2 aromatic carbocycles. The number of aromatic nitrogens is 3. The van der Waals surface area contributed by atoms with Gasteiger partial charge >= 0.3 is 17.9 Å². The number of hydrogen-bond acceptors (Lipinski definition) is 7. The predicted octanol–water partition coefficient (Wildman–Crippen LogP) is 4.34. The number of ether oxygens (including phenoxy) is 3. The zero-order valence-electron chi connectivity index (χ0n) is 17.9. The summed E-state index contributed by atoms with van der Waals surface area (Å²) < 4.78 is 18.2. The molecule has 0 spiro atoms.